The fraction of sp³-hybridized carbons (Fsp3) is 0.615. The molecule has 4 nitrogen and oxygen atoms in total. The Kier molecular flexibility index (Phi) is 4.34. The van der Waals surface area contributed by atoms with Crippen molar-refractivity contribution >= 4 is 5.82 Å². The Morgan fingerprint density at radius 3 is 2.71 bits per heavy atom. The normalized spacial score (nSPS) is 17.4. The predicted molar refractivity (Wildman–Crippen MR) is 71.3 cm³/mol. The van der Waals surface area contributed by atoms with E-state index in [1.807, 2.05) is 12.3 Å². The maximum absolute atomic E-state index is 5.54. The first-order chi connectivity index (χ1) is 8.31. The van der Waals surface area contributed by atoms with E-state index in [2.05, 4.69) is 27.8 Å². The molecule has 1 aromatic heterocycles. The molecule has 0 spiro atoms. The second-order valence-corrected chi connectivity index (χ2v) is 4.61. The summed E-state index contributed by atoms with van der Waals surface area (Å²) in [6.45, 7) is 8.44. The lowest BCUT2D eigenvalue weighted by molar-refractivity contribution is 0.256. The summed E-state index contributed by atoms with van der Waals surface area (Å²) >= 11 is 0. The summed E-state index contributed by atoms with van der Waals surface area (Å²) in [4.78, 5) is 9.35. The van der Waals surface area contributed by atoms with Crippen molar-refractivity contribution < 1.29 is 0 Å². The van der Waals surface area contributed by atoms with E-state index in [1.165, 1.54) is 5.56 Å². The number of hydrogen-bond donors (Lipinski definition) is 1. The Hall–Kier alpha value is -1.13. The lowest BCUT2D eigenvalue weighted by Gasteiger charge is -2.35. The van der Waals surface area contributed by atoms with Gasteiger partial charge >= 0.3 is 0 Å². The van der Waals surface area contributed by atoms with Gasteiger partial charge in [0.2, 0.25) is 0 Å². The second kappa shape index (κ2) is 5.98. The third kappa shape index (κ3) is 3.17. The highest BCUT2D eigenvalue weighted by molar-refractivity contribution is 5.46. The summed E-state index contributed by atoms with van der Waals surface area (Å²) in [5, 5.41) is 0. The number of nitrogens with two attached hydrogens (primary N) is 1. The molecule has 2 N–H and O–H groups in total. The van der Waals surface area contributed by atoms with Crippen LogP contribution in [0.4, 0.5) is 5.82 Å². The summed E-state index contributed by atoms with van der Waals surface area (Å²) in [6.07, 6.45) is 2.98. The molecule has 17 heavy (non-hydrogen) atoms. The third-order valence-corrected chi connectivity index (χ3v) is 3.33. The number of piperazine rings is 1. The molecule has 2 heterocycles. The highest BCUT2D eigenvalue weighted by Gasteiger charge is 2.18. The molecule has 2 rings (SSSR count). The van der Waals surface area contributed by atoms with Crippen LogP contribution in [-0.4, -0.2) is 49.2 Å². The number of aryl methyl sites for hydroxylation is 1. The fourth-order valence-electron chi connectivity index (χ4n) is 2.31. The maximum Gasteiger partial charge on any atom is 0.131 e. The molecule has 1 aromatic rings. The average molecular weight is 234 g/mol. The molecule has 0 saturated carbocycles. The molecule has 1 saturated heterocycles. The Balaban J connectivity index is 1.89. The summed E-state index contributed by atoms with van der Waals surface area (Å²) in [5.74, 6) is 1.14. The van der Waals surface area contributed by atoms with Crippen molar-refractivity contribution in [3.05, 3.63) is 23.9 Å². The van der Waals surface area contributed by atoms with E-state index in [4.69, 9.17) is 5.73 Å². The van der Waals surface area contributed by atoms with Gasteiger partial charge in [-0.25, -0.2) is 4.98 Å². The largest absolute Gasteiger partial charge is 0.354 e. The standard InChI is InChI=1S/C13H22N4/c1-12-4-2-6-15-13(12)17-10-8-16(9-11-17)7-3-5-14/h2,4,6H,3,5,7-11,14H2,1H3. The molecule has 1 fully saturated rings. The van der Waals surface area contributed by atoms with Crippen LogP contribution in [-0.2, 0) is 0 Å². The van der Waals surface area contributed by atoms with Crippen LogP contribution in [0, 0.1) is 6.92 Å². The molecule has 0 aromatic carbocycles. The minimum atomic E-state index is 0.791. The zero-order valence-electron chi connectivity index (χ0n) is 10.6. The lowest BCUT2D eigenvalue weighted by Crippen LogP contribution is -2.47. The van der Waals surface area contributed by atoms with Crippen LogP contribution in [0.2, 0.25) is 0 Å². The fourth-order valence-corrected chi connectivity index (χ4v) is 2.31. The van der Waals surface area contributed by atoms with Gasteiger partial charge in [-0.1, -0.05) is 6.07 Å². The van der Waals surface area contributed by atoms with Crippen molar-refractivity contribution in [2.75, 3.05) is 44.2 Å². The first-order valence-electron chi connectivity index (χ1n) is 6.40. The summed E-state index contributed by atoms with van der Waals surface area (Å²) in [5.41, 5.74) is 6.80. The van der Waals surface area contributed by atoms with Crippen LogP contribution in [0.1, 0.15) is 12.0 Å². The van der Waals surface area contributed by atoms with Gasteiger partial charge in [0, 0.05) is 32.4 Å². The molecule has 0 radical (unpaired) electrons. The molecule has 0 amide bonds. The molecule has 1 aliphatic rings. The Labute approximate surface area is 103 Å². The van der Waals surface area contributed by atoms with E-state index < -0.39 is 0 Å². The van der Waals surface area contributed by atoms with Gasteiger partial charge in [0.15, 0.2) is 0 Å². The summed E-state index contributed by atoms with van der Waals surface area (Å²) < 4.78 is 0. The van der Waals surface area contributed by atoms with E-state index >= 15 is 0 Å². The summed E-state index contributed by atoms with van der Waals surface area (Å²) in [6, 6.07) is 4.12. The van der Waals surface area contributed by atoms with Crippen LogP contribution in [0.3, 0.4) is 0 Å². The van der Waals surface area contributed by atoms with Crippen molar-refractivity contribution in [1.82, 2.24) is 9.88 Å². The molecular formula is C13H22N4. The number of hydrogen-bond acceptors (Lipinski definition) is 4. The van der Waals surface area contributed by atoms with Gasteiger partial charge in [0.25, 0.3) is 0 Å². The number of nitrogens with zero attached hydrogens (tertiary/aromatic N) is 3. The monoisotopic (exact) mass is 234 g/mol. The van der Waals surface area contributed by atoms with Crippen LogP contribution >= 0.6 is 0 Å². The topological polar surface area (TPSA) is 45.4 Å². The van der Waals surface area contributed by atoms with Crippen molar-refractivity contribution in [3.8, 4) is 0 Å². The summed E-state index contributed by atoms with van der Waals surface area (Å²) in [7, 11) is 0. The number of anilines is 1. The van der Waals surface area contributed by atoms with Crippen molar-refractivity contribution in [2.24, 2.45) is 5.73 Å². The van der Waals surface area contributed by atoms with E-state index in [-0.39, 0.29) is 0 Å². The smallest absolute Gasteiger partial charge is 0.131 e. The van der Waals surface area contributed by atoms with Crippen LogP contribution in [0.25, 0.3) is 0 Å². The van der Waals surface area contributed by atoms with Gasteiger partial charge in [-0.2, -0.15) is 0 Å². The first kappa shape index (κ1) is 12.3. The van der Waals surface area contributed by atoms with Crippen LogP contribution < -0.4 is 10.6 Å². The van der Waals surface area contributed by atoms with Gasteiger partial charge in [0.1, 0.15) is 5.82 Å². The zero-order valence-corrected chi connectivity index (χ0v) is 10.6. The Morgan fingerprint density at radius 1 is 1.29 bits per heavy atom. The van der Waals surface area contributed by atoms with Crippen molar-refractivity contribution in [1.29, 1.82) is 0 Å². The SMILES string of the molecule is Cc1cccnc1N1CCN(CCCN)CC1. The molecular weight excluding hydrogens is 212 g/mol. The van der Waals surface area contributed by atoms with Gasteiger partial charge < -0.3 is 10.6 Å². The van der Waals surface area contributed by atoms with Gasteiger partial charge in [0.05, 0.1) is 0 Å². The highest BCUT2D eigenvalue weighted by atomic mass is 15.3. The highest BCUT2D eigenvalue weighted by Crippen LogP contribution is 2.17. The van der Waals surface area contributed by atoms with Gasteiger partial charge in [-0.3, -0.25) is 4.90 Å². The van der Waals surface area contributed by atoms with Gasteiger partial charge in [-0.05, 0) is 38.1 Å². The van der Waals surface area contributed by atoms with E-state index in [1.54, 1.807) is 0 Å². The molecule has 0 atom stereocenters. The van der Waals surface area contributed by atoms with Crippen molar-refractivity contribution in [2.45, 2.75) is 13.3 Å². The van der Waals surface area contributed by atoms with Crippen molar-refractivity contribution in [3.63, 3.8) is 0 Å². The molecule has 94 valence electrons. The Morgan fingerprint density at radius 2 is 2.06 bits per heavy atom. The average Bonchev–Trinajstić information content (AvgIpc) is 2.38. The molecule has 0 bridgehead atoms. The molecule has 0 unspecified atom stereocenters. The van der Waals surface area contributed by atoms with Gasteiger partial charge in [-0.15, -0.1) is 0 Å². The quantitative estimate of drug-likeness (QED) is 0.839. The Bertz CT molecular complexity index is 345. The third-order valence-electron chi connectivity index (χ3n) is 3.33. The maximum atomic E-state index is 5.54. The minimum Gasteiger partial charge on any atom is -0.354 e. The van der Waals surface area contributed by atoms with Crippen LogP contribution in [0.15, 0.2) is 18.3 Å². The van der Waals surface area contributed by atoms with E-state index in [0.29, 0.717) is 0 Å². The number of pyridine rings is 1. The minimum absolute atomic E-state index is 0.791. The second-order valence-electron chi connectivity index (χ2n) is 4.61. The van der Waals surface area contributed by atoms with E-state index in [0.717, 1.165) is 51.5 Å². The first-order valence-corrected chi connectivity index (χ1v) is 6.40. The van der Waals surface area contributed by atoms with E-state index in [9.17, 15) is 0 Å². The zero-order chi connectivity index (χ0) is 12.1. The lowest BCUT2D eigenvalue weighted by atomic mass is 10.2. The van der Waals surface area contributed by atoms with Crippen LogP contribution in [0.5, 0.6) is 0 Å². The molecule has 4 heteroatoms. The molecule has 1 aliphatic heterocycles. The predicted octanol–water partition coefficient (Wildman–Crippen LogP) is 0.861. The number of rotatable bonds is 4. The number of aromatic nitrogens is 1. The molecule has 0 aliphatic carbocycles.